The van der Waals surface area contributed by atoms with Crippen molar-refractivity contribution in [1.29, 1.82) is 0 Å². The van der Waals surface area contributed by atoms with Crippen LogP contribution in [0.2, 0.25) is 0 Å². The summed E-state index contributed by atoms with van der Waals surface area (Å²) in [6.07, 6.45) is 5.37. The molecule has 1 aromatic heterocycles. The maximum absolute atomic E-state index is 4.60. The minimum absolute atomic E-state index is 0.907. The molecular formula is C15H28N4. The predicted molar refractivity (Wildman–Crippen MR) is 80.6 cm³/mol. The molecule has 0 aliphatic carbocycles. The van der Waals surface area contributed by atoms with Gasteiger partial charge in [0.05, 0.1) is 5.69 Å². The van der Waals surface area contributed by atoms with Crippen molar-refractivity contribution in [2.24, 2.45) is 13.0 Å². The summed E-state index contributed by atoms with van der Waals surface area (Å²) in [4.78, 5) is 2.53. The summed E-state index contributed by atoms with van der Waals surface area (Å²) in [5.41, 5.74) is 2.52. The molecule has 1 aliphatic rings. The Kier molecular flexibility index (Phi) is 4.86. The van der Waals surface area contributed by atoms with E-state index in [2.05, 4.69) is 40.9 Å². The van der Waals surface area contributed by atoms with Crippen LogP contribution >= 0.6 is 0 Å². The Labute approximate surface area is 117 Å². The van der Waals surface area contributed by atoms with Crippen molar-refractivity contribution in [2.45, 2.75) is 46.1 Å². The smallest absolute Gasteiger partial charge is 0.131 e. The van der Waals surface area contributed by atoms with Crippen LogP contribution in [0.15, 0.2) is 0 Å². The van der Waals surface area contributed by atoms with Crippen LogP contribution in [0.3, 0.4) is 0 Å². The molecule has 0 saturated carbocycles. The third kappa shape index (κ3) is 3.11. The molecule has 0 amide bonds. The first-order valence-corrected chi connectivity index (χ1v) is 7.59. The molecule has 0 atom stereocenters. The zero-order valence-corrected chi connectivity index (χ0v) is 12.9. The molecule has 4 heteroatoms. The molecule has 4 nitrogen and oxygen atoms in total. The molecule has 1 aliphatic heterocycles. The number of piperidine rings is 1. The van der Waals surface area contributed by atoms with Crippen molar-refractivity contribution in [3.63, 3.8) is 0 Å². The lowest BCUT2D eigenvalue weighted by Crippen LogP contribution is -2.35. The zero-order chi connectivity index (χ0) is 13.8. The minimum Gasteiger partial charge on any atom is -0.357 e. The molecule has 0 unspecified atom stereocenters. The van der Waals surface area contributed by atoms with Gasteiger partial charge in [-0.05, 0) is 32.7 Å². The lowest BCUT2D eigenvalue weighted by molar-refractivity contribution is 0.375. The van der Waals surface area contributed by atoms with E-state index in [4.69, 9.17) is 0 Å². The first-order valence-electron chi connectivity index (χ1n) is 7.59. The van der Waals surface area contributed by atoms with Gasteiger partial charge in [-0.3, -0.25) is 4.68 Å². The van der Waals surface area contributed by atoms with Crippen molar-refractivity contribution < 1.29 is 0 Å². The largest absolute Gasteiger partial charge is 0.357 e. The summed E-state index contributed by atoms with van der Waals surface area (Å²) >= 11 is 0. The van der Waals surface area contributed by atoms with Crippen molar-refractivity contribution in [1.82, 2.24) is 15.1 Å². The van der Waals surface area contributed by atoms with Crippen molar-refractivity contribution in [3.8, 4) is 0 Å². The second kappa shape index (κ2) is 6.42. The molecule has 1 fully saturated rings. The fourth-order valence-electron chi connectivity index (χ4n) is 3.31. The van der Waals surface area contributed by atoms with E-state index in [9.17, 15) is 0 Å². The van der Waals surface area contributed by atoms with Gasteiger partial charge in [0, 0.05) is 32.2 Å². The van der Waals surface area contributed by atoms with Gasteiger partial charge < -0.3 is 10.2 Å². The van der Waals surface area contributed by atoms with Gasteiger partial charge >= 0.3 is 0 Å². The van der Waals surface area contributed by atoms with E-state index < -0.39 is 0 Å². The molecule has 1 saturated heterocycles. The summed E-state index contributed by atoms with van der Waals surface area (Å²) in [7, 11) is 4.07. The second-order valence-corrected chi connectivity index (χ2v) is 5.76. The van der Waals surface area contributed by atoms with Gasteiger partial charge in [0.1, 0.15) is 5.82 Å². The van der Waals surface area contributed by atoms with E-state index in [0.717, 1.165) is 18.2 Å². The van der Waals surface area contributed by atoms with E-state index in [-0.39, 0.29) is 0 Å². The number of nitrogens with one attached hydrogen (secondary N) is 1. The number of anilines is 1. The SMILES string of the molecule is CCCC1CCN(c2c(CNC)c(C)nn2C)CC1. The fraction of sp³-hybridized carbons (Fsp3) is 0.800. The van der Waals surface area contributed by atoms with Crippen LogP contribution in [-0.4, -0.2) is 29.9 Å². The second-order valence-electron chi connectivity index (χ2n) is 5.76. The molecule has 19 heavy (non-hydrogen) atoms. The normalized spacial score (nSPS) is 17.2. The van der Waals surface area contributed by atoms with Crippen molar-refractivity contribution in [3.05, 3.63) is 11.3 Å². The van der Waals surface area contributed by atoms with Gasteiger partial charge in [-0.2, -0.15) is 5.10 Å². The zero-order valence-electron chi connectivity index (χ0n) is 12.9. The molecule has 2 heterocycles. The Morgan fingerprint density at radius 1 is 1.32 bits per heavy atom. The van der Waals surface area contributed by atoms with Crippen LogP contribution in [-0.2, 0) is 13.6 Å². The average Bonchev–Trinajstić information content (AvgIpc) is 2.67. The number of aromatic nitrogens is 2. The summed E-state index contributed by atoms with van der Waals surface area (Å²) in [6.45, 7) is 7.67. The van der Waals surface area contributed by atoms with Gasteiger partial charge in [0.25, 0.3) is 0 Å². The van der Waals surface area contributed by atoms with Gasteiger partial charge in [-0.1, -0.05) is 19.8 Å². The van der Waals surface area contributed by atoms with Crippen molar-refractivity contribution in [2.75, 3.05) is 25.0 Å². The summed E-state index contributed by atoms with van der Waals surface area (Å²) in [5, 5.41) is 7.86. The Morgan fingerprint density at radius 3 is 2.58 bits per heavy atom. The predicted octanol–water partition coefficient (Wildman–Crippen LogP) is 2.46. The Hall–Kier alpha value is -1.03. The van der Waals surface area contributed by atoms with Gasteiger partial charge in [0.2, 0.25) is 0 Å². The first kappa shape index (κ1) is 14.4. The van der Waals surface area contributed by atoms with Gasteiger partial charge in [-0.25, -0.2) is 0 Å². The molecule has 1 aromatic rings. The van der Waals surface area contributed by atoms with Crippen LogP contribution in [0.25, 0.3) is 0 Å². The maximum atomic E-state index is 4.60. The average molecular weight is 264 g/mol. The molecule has 108 valence electrons. The molecule has 0 spiro atoms. The number of nitrogens with zero attached hydrogens (tertiary/aromatic N) is 3. The third-order valence-corrected chi connectivity index (χ3v) is 4.28. The monoisotopic (exact) mass is 264 g/mol. The molecule has 0 bridgehead atoms. The van der Waals surface area contributed by atoms with Crippen LogP contribution in [0, 0.1) is 12.8 Å². The molecule has 2 rings (SSSR count). The number of hydrogen-bond donors (Lipinski definition) is 1. The highest BCUT2D eigenvalue weighted by atomic mass is 15.4. The third-order valence-electron chi connectivity index (χ3n) is 4.28. The standard InChI is InChI=1S/C15H28N4/c1-5-6-13-7-9-19(10-8-13)15-14(11-16-3)12(2)17-18(15)4/h13,16H,5-11H2,1-4H3. The van der Waals surface area contributed by atoms with E-state index in [1.165, 1.54) is 50.2 Å². The lowest BCUT2D eigenvalue weighted by atomic mass is 9.92. The minimum atomic E-state index is 0.907. The fourth-order valence-corrected chi connectivity index (χ4v) is 3.31. The van der Waals surface area contributed by atoms with Gasteiger partial charge in [0.15, 0.2) is 0 Å². The Balaban J connectivity index is 2.10. The van der Waals surface area contributed by atoms with Gasteiger partial charge in [-0.15, -0.1) is 0 Å². The first-order chi connectivity index (χ1) is 9.17. The summed E-state index contributed by atoms with van der Waals surface area (Å²) in [5.74, 6) is 2.25. The van der Waals surface area contributed by atoms with Crippen LogP contribution in [0.1, 0.15) is 43.9 Å². The van der Waals surface area contributed by atoms with E-state index >= 15 is 0 Å². The van der Waals surface area contributed by atoms with Crippen LogP contribution in [0.4, 0.5) is 5.82 Å². The molecule has 1 N–H and O–H groups in total. The molecular weight excluding hydrogens is 236 g/mol. The van der Waals surface area contributed by atoms with E-state index in [0.29, 0.717) is 0 Å². The Bertz CT molecular complexity index is 403. The van der Waals surface area contributed by atoms with E-state index in [1.54, 1.807) is 0 Å². The Morgan fingerprint density at radius 2 is 2.00 bits per heavy atom. The number of aryl methyl sites for hydroxylation is 2. The number of hydrogen-bond acceptors (Lipinski definition) is 3. The van der Waals surface area contributed by atoms with Crippen molar-refractivity contribution >= 4 is 5.82 Å². The van der Waals surface area contributed by atoms with Crippen LogP contribution in [0.5, 0.6) is 0 Å². The summed E-state index contributed by atoms with van der Waals surface area (Å²) in [6, 6.07) is 0. The highest BCUT2D eigenvalue weighted by Crippen LogP contribution is 2.29. The van der Waals surface area contributed by atoms with E-state index in [1.807, 2.05) is 7.05 Å². The number of rotatable bonds is 5. The topological polar surface area (TPSA) is 33.1 Å². The quantitative estimate of drug-likeness (QED) is 0.887. The highest BCUT2D eigenvalue weighted by Gasteiger charge is 2.24. The molecule has 0 aromatic carbocycles. The summed E-state index contributed by atoms with van der Waals surface area (Å²) < 4.78 is 2.06. The lowest BCUT2D eigenvalue weighted by Gasteiger charge is -2.34. The van der Waals surface area contributed by atoms with Crippen LogP contribution < -0.4 is 10.2 Å². The highest BCUT2D eigenvalue weighted by molar-refractivity contribution is 5.50. The molecule has 0 radical (unpaired) electrons. The maximum Gasteiger partial charge on any atom is 0.131 e.